The summed E-state index contributed by atoms with van der Waals surface area (Å²) < 4.78 is 4.88. The molecule has 0 aromatic rings. The number of nitrogens with one attached hydrogen (secondary N) is 1. The van der Waals surface area contributed by atoms with Gasteiger partial charge in [0.25, 0.3) is 0 Å². The van der Waals surface area contributed by atoms with E-state index in [1.165, 1.54) is 0 Å². The predicted octanol–water partition coefficient (Wildman–Crippen LogP) is -0.726. The van der Waals surface area contributed by atoms with Crippen LogP contribution in [0.5, 0.6) is 0 Å². The van der Waals surface area contributed by atoms with Gasteiger partial charge in [0.1, 0.15) is 0 Å². The maximum Gasteiger partial charge on any atom is 0.220 e. The largest absolute Gasteiger partial charge is 0.396 e. The van der Waals surface area contributed by atoms with E-state index in [0.717, 1.165) is 0 Å². The van der Waals surface area contributed by atoms with E-state index in [1.54, 1.807) is 0 Å². The summed E-state index contributed by atoms with van der Waals surface area (Å²) in [5, 5.41) is 11.2. The van der Waals surface area contributed by atoms with Gasteiger partial charge in [-0.15, -0.1) is 0 Å². The number of hydrogen-bond donors (Lipinski definition) is 2. The van der Waals surface area contributed by atoms with E-state index in [2.05, 4.69) is 5.32 Å². The predicted molar refractivity (Wildman–Crippen MR) is 39.1 cm³/mol. The summed E-state index contributed by atoms with van der Waals surface area (Å²) in [6.45, 7) is 1.34. The summed E-state index contributed by atoms with van der Waals surface area (Å²) in [4.78, 5) is 10.9. The van der Waals surface area contributed by atoms with E-state index in [4.69, 9.17) is 9.84 Å². The lowest BCUT2D eigenvalue weighted by Crippen LogP contribution is -2.48. The molecule has 0 aliphatic carbocycles. The summed E-state index contributed by atoms with van der Waals surface area (Å²) in [5.74, 6) is 0.00681. The average Bonchev–Trinajstić information content (AvgIpc) is 1.93. The number of carbonyl (C=O) groups is 1. The van der Waals surface area contributed by atoms with Crippen LogP contribution in [0, 0.1) is 0 Å². The molecule has 1 heterocycles. The Morgan fingerprint density at radius 1 is 1.64 bits per heavy atom. The molecule has 0 aromatic carbocycles. The van der Waals surface area contributed by atoms with E-state index in [1.807, 2.05) is 0 Å². The Morgan fingerprint density at radius 3 is 2.82 bits per heavy atom. The van der Waals surface area contributed by atoms with E-state index >= 15 is 0 Å². The first kappa shape index (κ1) is 8.49. The maximum atomic E-state index is 10.9. The zero-order valence-corrected chi connectivity index (χ0v) is 6.38. The van der Waals surface area contributed by atoms with Gasteiger partial charge in [0, 0.05) is 13.0 Å². The molecule has 0 atom stereocenters. The molecule has 0 spiro atoms. The van der Waals surface area contributed by atoms with Gasteiger partial charge in [-0.05, 0) is 6.42 Å². The number of aliphatic hydroxyl groups is 1. The summed E-state index contributed by atoms with van der Waals surface area (Å²) >= 11 is 0. The summed E-state index contributed by atoms with van der Waals surface area (Å²) in [5.41, 5.74) is 0. The third-order valence-corrected chi connectivity index (χ3v) is 1.57. The van der Waals surface area contributed by atoms with Gasteiger partial charge in [0.15, 0.2) is 0 Å². The Kier molecular flexibility index (Phi) is 3.32. The molecule has 1 aliphatic rings. The lowest BCUT2D eigenvalue weighted by atomic mass is 10.2. The molecule has 64 valence electrons. The molecule has 0 bridgehead atoms. The molecule has 4 heteroatoms. The molecule has 1 amide bonds. The number of hydrogen-bond acceptors (Lipinski definition) is 3. The van der Waals surface area contributed by atoms with Crippen LogP contribution in [0.15, 0.2) is 0 Å². The average molecular weight is 159 g/mol. The molecule has 0 saturated carbocycles. The zero-order valence-electron chi connectivity index (χ0n) is 6.38. The normalized spacial score (nSPS) is 17.5. The molecule has 1 saturated heterocycles. The van der Waals surface area contributed by atoms with Crippen molar-refractivity contribution in [3.8, 4) is 0 Å². The van der Waals surface area contributed by atoms with Crippen molar-refractivity contribution in [1.29, 1.82) is 0 Å². The van der Waals surface area contributed by atoms with Crippen LogP contribution in [0.4, 0.5) is 0 Å². The van der Waals surface area contributed by atoms with Crippen LogP contribution in [-0.2, 0) is 9.53 Å². The van der Waals surface area contributed by atoms with Crippen LogP contribution in [0.3, 0.4) is 0 Å². The third kappa shape index (κ3) is 2.86. The smallest absolute Gasteiger partial charge is 0.220 e. The minimum Gasteiger partial charge on any atom is -0.396 e. The van der Waals surface area contributed by atoms with Crippen LogP contribution in [0.1, 0.15) is 12.8 Å². The first-order valence-corrected chi connectivity index (χ1v) is 3.81. The molecule has 1 aliphatic heterocycles. The van der Waals surface area contributed by atoms with Crippen LogP contribution < -0.4 is 5.32 Å². The van der Waals surface area contributed by atoms with E-state index in [9.17, 15) is 4.79 Å². The van der Waals surface area contributed by atoms with Gasteiger partial charge >= 0.3 is 0 Å². The van der Waals surface area contributed by atoms with Crippen LogP contribution in [0.25, 0.3) is 0 Å². The Labute approximate surface area is 65.5 Å². The summed E-state index contributed by atoms with van der Waals surface area (Å²) in [6, 6.07) is 0.209. The molecule has 11 heavy (non-hydrogen) atoms. The monoisotopic (exact) mass is 159 g/mol. The molecule has 0 aromatic heterocycles. The SMILES string of the molecule is O=C(CCCO)NC1COC1. The molecule has 0 unspecified atom stereocenters. The standard InChI is InChI=1S/C7H13NO3/c9-3-1-2-7(10)8-6-4-11-5-6/h6,9H,1-5H2,(H,8,10). The minimum atomic E-state index is 0.00681. The highest BCUT2D eigenvalue weighted by molar-refractivity contribution is 5.76. The first-order valence-electron chi connectivity index (χ1n) is 3.81. The Bertz CT molecular complexity index is 134. The highest BCUT2D eigenvalue weighted by atomic mass is 16.5. The second-order valence-electron chi connectivity index (χ2n) is 2.63. The van der Waals surface area contributed by atoms with Crippen LogP contribution in [-0.4, -0.2) is 36.9 Å². The van der Waals surface area contributed by atoms with Gasteiger partial charge in [-0.25, -0.2) is 0 Å². The second kappa shape index (κ2) is 4.31. The Balaban J connectivity index is 2.00. The van der Waals surface area contributed by atoms with Crippen molar-refractivity contribution in [2.75, 3.05) is 19.8 Å². The topological polar surface area (TPSA) is 58.6 Å². The zero-order chi connectivity index (χ0) is 8.10. The fraction of sp³-hybridized carbons (Fsp3) is 0.857. The molecule has 4 nitrogen and oxygen atoms in total. The molecule has 1 fully saturated rings. The van der Waals surface area contributed by atoms with Crippen molar-refractivity contribution in [3.05, 3.63) is 0 Å². The number of amides is 1. The Morgan fingerprint density at radius 2 is 2.36 bits per heavy atom. The second-order valence-corrected chi connectivity index (χ2v) is 2.63. The molecule has 0 radical (unpaired) electrons. The van der Waals surface area contributed by atoms with Gasteiger partial charge in [-0.2, -0.15) is 0 Å². The van der Waals surface area contributed by atoms with E-state index < -0.39 is 0 Å². The fourth-order valence-corrected chi connectivity index (χ4v) is 0.858. The number of rotatable bonds is 4. The summed E-state index contributed by atoms with van der Waals surface area (Å²) in [7, 11) is 0. The van der Waals surface area contributed by atoms with Crippen LogP contribution in [0.2, 0.25) is 0 Å². The third-order valence-electron chi connectivity index (χ3n) is 1.57. The quantitative estimate of drug-likeness (QED) is 0.568. The van der Waals surface area contributed by atoms with Crippen molar-refractivity contribution < 1.29 is 14.6 Å². The molecular formula is C7H13NO3. The van der Waals surface area contributed by atoms with Crippen molar-refractivity contribution in [1.82, 2.24) is 5.32 Å². The first-order chi connectivity index (χ1) is 5.33. The minimum absolute atomic E-state index is 0.00681. The van der Waals surface area contributed by atoms with Gasteiger partial charge in [0.05, 0.1) is 19.3 Å². The molecule has 1 rings (SSSR count). The van der Waals surface area contributed by atoms with Crippen molar-refractivity contribution in [2.45, 2.75) is 18.9 Å². The number of ether oxygens (including phenoxy) is 1. The molecule has 2 N–H and O–H groups in total. The van der Waals surface area contributed by atoms with Gasteiger partial charge < -0.3 is 15.2 Å². The Hall–Kier alpha value is -0.610. The van der Waals surface area contributed by atoms with Gasteiger partial charge in [-0.1, -0.05) is 0 Å². The summed E-state index contributed by atoms with van der Waals surface area (Å²) in [6.07, 6.45) is 0.951. The number of carbonyl (C=O) groups excluding carboxylic acids is 1. The number of aliphatic hydroxyl groups excluding tert-OH is 1. The van der Waals surface area contributed by atoms with Gasteiger partial charge in [0.2, 0.25) is 5.91 Å². The van der Waals surface area contributed by atoms with E-state index in [0.29, 0.717) is 26.1 Å². The lowest BCUT2D eigenvalue weighted by molar-refractivity contribution is -0.125. The van der Waals surface area contributed by atoms with Crippen molar-refractivity contribution >= 4 is 5.91 Å². The highest BCUT2D eigenvalue weighted by Gasteiger charge is 2.19. The van der Waals surface area contributed by atoms with Gasteiger partial charge in [-0.3, -0.25) is 4.79 Å². The molecular weight excluding hydrogens is 146 g/mol. The van der Waals surface area contributed by atoms with E-state index in [-0.39, 0.29) is 18.6 Å². The highest BCUT2D eigenvalue weighted by Crippen LogP contribution is 2.00. The fourth-order valence-electron chi connectivity index (χ4n) is 0.858. The maximum absolute atomic E-state index is 10.9. The van der Waals surface area contributed by atoms with Crippen molar-refractivity contribution in [3.63, 3.8) is 0 Å². The van der Waals surface area contributed by atoms with Crippen molar-refractivity contribution in [2.24, 2.45) is 0 Å². The van der Waals surface area contributed by atoms with Crippen LogP contribution >= 0.6 is 0 Å². The lowest BCUT2D eigenvalue weighted by Gasteiger charge is -2.26.